The number of amides is 2. The van der Waals surface area contributed by atoms with E-state index >= 15 is 0 Å². The van der Waals surface area contributed by atoms with Crippen LogP contribution in [0.4, 0.5) is 4.79 Å². The third-order valence-electron chi connectivity index (χ3n) is 5.04. The minimum Gasteiger partial charge on any atom is -0.487 e. The molecule has 1 fully saturated rings. The van der Waals surface area contributed by atoms with E-state index in [0.29, 0.717) is 27.1 Å². The Hall–Kier alpha value is -1.27. The fourth-order valence-corrected chi connectivity index (χ4v) is 6.87. The van der Waals surface area contributed by atoms with Gasteiger partial charge in [-0.2, -0.15) is 0 Å². The SMILES string of the molecule is Cc1cccc(COc2c(I)cc(/C=C3\SC(=O)N(Cc4c(Cl)cccc4Cl)C3=O)cc2I)c1. The zero-order chi connectivity index (χ0) is 24.4. The average Bonchev–Trinajstić information content (AvgIpc) is 3.03. The average molecular weight is 736 g/mol. The number of nitrogens with zero attached hydrogens (tertiary/aromatic N) is 1. The molecule has 0 aliphatic carbocycles. The summed E-state index contributed by atoms with van der Waals surface area (Å²) in [6, 6.07) is 17.2. The zero-order valence-electron chi connectivity index (χ0n) is 17.8. The smallest absolute Gasteiger partial charge is 0.293 e. The number of aryl methyl sites for hydroxylation is 1. The molecule has 0 saturated carbocycles. The number of benzene rings is 3. The van der Waals surface area contributed by atoms with Gasteiger partial charge in [-0.25, -0.2) is 0 Å². The Morgan fingerprint density at radius 1 is 1.00 bits per heavy atom. The van der Waals surface area contributed by atoms with Gasteiger partial charge in [-0.05, 0) is 105 Å². The molecule has 0 atom stereocenters. The summed E-state index contributed by atoms with van der Waals surface area (Å²) in [7, 11) is 0. The summed E-state index contributed by atoms with van der Waals surface area (Å²) in [5.41, 5.74) is 3.65. The molecule has 3 aromatic rings. The van der Waals surface area contributed by atoms with Crippen molar-refractivity contribution in [2.24, 2.45) is 0 Å². The predicted octanol–water partition coefficient (Wildman–Crippen LogP) is 8.33. The van der Waals surface area contributed by atoms with Gasteiger partial charge in [-0.3, -0.25) is 14.5 Å². The lowest BCUT2D eigenvalue weighted by molar-refractivity contribution is -0.123. The second kappa shape index (κ2) is 11.2. The van der Waals surface area contributed by atoms with Crippen molar-refractivity contribution < 1.29 is 14.3 Å². The fraction of sp³-hybridized carbons (Fsp3) is 0.120. The van der Waals surface area contributed by atoms with Crippen LogP contribution in [-0.2, 0) is 17.9 Å². The maximum atomic E-state index is 13.0. The summed E-state index contributed by atoms with van der Waals surface area (Å²) in [6.45, 7) is 2.55. The summed E-state index contributed by atoms with van der Waals surface area (Å²) >= 11 is 17.8. The van der Waals surface area contributed by atoms with Crippen molar-refractivity contribution in [1.29, 1.82) is 0 Å². The highest BCUT2D eigenvalue weighted by Gasteiger charge is 2.35. The Balaban J connectivity index is 1.52. The van der Waals surface area contributed by atoms with Crippen LogP contribution in [-0.4, -0.2) is 16.0 Å². The van der Waals surface area contributed by atoms with Gasteiger partial charge in [0.15, 0.2) is 0 Å². The van der Waals surface area contributed by atoms with Crippen LogP contribution in [0.3, 0.4) is 0 Å². The first-order chi connectivity index (χ1) is 16.2. The Bertz CT molecular complexity index is 1290. The summed E-state index contributed by atoms with van der Waals surface area (Å²) in [4.78, 5) is 27.1. The van der Waals surface area contributed by atoms with Gasteiger partial charge < -0.3 is 4.74 Å². The predicted molar refractivity (Wildman–Crippen MR) is 155 cm³/mol. The second-order valence-electron chi connectivity index (χ2n) is 7.56. The van der Waals surface area contributed by atoms with Crippen molar-refractivity contribution in [2.45, 2.75) is 20.1 Å². The van der Waals surface area contributed by atoms with Crippen LogP contribution in [0.25, 0.3) is 6.08 Å². The van der Waals surface area contributed by atoms with Crippen LogP contribution in [0.15, 0.2) is 59.5 Å². The highest BCUT2D eigenvalue weighted by Crippen LogP contribution is 2.37. The van der Waals surface area contributed by atoms with Crippen molar-refractivity contribution >= 4 is 97.4 Å². The largest absolute Gasteiger partial charge is 0.487 e. The van der Waals surface area contributed by atoms with Crippen molar-refractivity contribution in [2.75, 3.05) is 0 Å². The summed E-state index contributed by atoms with van der Waals surface area (Å²) in [5.74, 6) is 0.428. The molecule has 4 nitrogen and oxygen atoms in total. The maximum absolute atomic E-state index is 13.0. The minimum absolute atomic E-state index is 0.0291. The van der Waals surface area contributed by atoms with E-state index in [0.717, 1.165) is 35.8 Å². The molecule has 1 aliphatic heterocycles. The molecule has 1 aliphatic rings. The van der Waals surface area contributed by atoms with Gasteiger partial charge in [-0.1, -0.05) is 59.1 Å². The number of hydrogen-bond acceptors (Lipinski definition) is 4. The van der Waals surface area contributed by atoms with Crippen LogP contribution < -0.4 is 4.74 Å². The van der Waals surface area contributed by atoms with E-state index in [9.17, 15) is 9.59 Å². The first-order valence-corrected chi connectivity index (χ1v) is 13.8. The lowest BCUT2D eigenvalue weighted by Crippen LogP contribution is -2.27. The lowest BCUT2D eigenvalue weighted by Gasteiger charge is -2.14. The highest BCUT2D eigenvalue weighted by molar-refractivity contribution is 14.1. The van der Waals surface area contributed by atoms with E-state index < -0.39 is 0 Å². The third kappa shape index (κ3) is 5.92. The van der Waals surface area contributed by atoms with E-state index in [2.05, 4.69) is 64.2 Å². The number of halogens is 4. The zero-order valence-corrected chi connectivity index (χ0v) is 24.4. The molecule has 0 bridgehead atoms. The Morgan fingerprint density at radius 3 is 2.29 bits per heavy atom. The second-order valence-corrected chi connectivity index (χ2v) is 11.7. The molecule has 0 spiro atoms. The van der Waals surface area contributed by atoms with Gasteiger partial charge >= 0.3 is 0 Å². The molecule has 1 saturated heterocycles. The van der Waals surface area contributed by atoms with Crippen molar-refractivity contribution in [3.63, 3.8) is 0 Å². The molecule has 0 unspecified atom stereocenters. The first kappa shape index (κ1) is 25.8. The van der Waals surface area contributed by atoms with Crippen LogP contribution >= 0.6 is 80.1 Å². The number of rotatable bonds is 6. The van der Waals surface area contributed by atoms with Crippen LogP contribution in [0, 0.1) is 14.1 Å². The molecule has 174 valence electrons. The molecule has 34 heavy (non-hydrogen) atoms. The van der Waals surface area contributed by atoms with Crippen molar-refractivity contribution in [3.8, 4) is 5.75 Å². The van der Waals surface area contributed by atoms with Crippen LogP contribution in [0.1, 0.15) is 22.3 Å². The van der Waals surface area contributed by atoms with Gasteiger partial charge in [0.1, 0.15) is 12.4 Å². The molecule has 0 aromatic heterocycles. The lowest BCUT2D eigenvalue weighted by atomic mass is 10.1. The van der Waals surface area contributed by atoms with E-state index in [1.165, 1.54) is 10.5 Å². The molecular weight excluding hydrogens is 719 g/mol. The minimum atomic E-state index is -0.365. The molecule has 3 aromatic carbocycles. The van der Waals surface area contributed by atoms with Crippen LogP contribution in [0.2, 0.25) is 10.0 Å². The van der Waals surface area contributed by atoms with Gasteiger partial charge in [0.05, 0.1) is 18.6 Å². The van der Waals surface area contributed by atoms with E-state index in [-0.39, 0.29) is 17.7 Å². The fourth-order valence-electron chi connectivity index (χ4n) is 3.39. The number of carbonyl (C=O) groups excluding carboxylic acids is 2. The molecule has 0 radical (unpaired) electrons. The molecule has 1 heterocycles. The van der Waals surface area contributed by atoms with Gasteiger partial charge in [0.25, 0.3) is 11.1 Å². The number of ether oxygens (including phenoxy) is 1. The standard InChI is InChI=1S/C25H17Cl2I2NO3S/c1-14-4-2-5-15(8-14)13-33-23-20(28)9-16(10-21(23)29)11-22-24(31)30(25(32)34-22)12-17-18(26)6-3-7-19(17)27/h2-11H,12-13H2,1H3/b22-11-. The molecule has 4 rings (SSSR count). The first-order valence-electron chi connectivity index (χ1n) is 10.1. The monoisotopic (exact) mass is 735 g/mol. The number of carbonyl (C=O) groups is 2. The maximum Gasteiger partial charge on any atom is 0.293 e. The Labute approximate surface area is 239 Å². The van der Waals surface area contributed by atoms with E-state index in [1.807, 2.05) is 24.3 Å². The molecule has 0 N–H and O–H groups in total. The summed E-state index contributed by atoms with van der Waals surface area (Å²) < 4.78 is 7.93. The Kier molecular flexibility index (Phi) is 8.50. The van der Waals surface area contributed by atoms with Crippen molar-refractivity contribution in [1.82, 2.24) is 4.90 Å². The van der Waals surface area contributed by atoms with E-state index in [1.54, 1.807) is 24.3 Å². The summed E-state index contributed by atoms with van der Waals surface area (Å²) in [5, 5.41) is 0.483. The Morgan fingerprint density at radius 2 is 1.65 bits per heavy atom. The number of hydrogen-bond donors (Lipinski definition) is 0. The van der Waals surface area contributed by atoms with Gasteiger partial charge in [-0.15, -0.1) is 0 Å². The normalized spacial score (nSPS) is 14.9. The topological polar surface area (TPSA) is 46.6 Å². The molecule has 9 heteroatoms. The van der Waals surface area contributed by atoms with Crippen LogP contribution in [0.5, 0.6) is 5.75 Å². The quantitative estimate of drug-likeness (QED) is 0.189. The van der Waals surface area contributed by atoms with Gasteiger partial charge in [0, 0.05) is 15.6 Å². The molecular formula is C25H17Cl2I2NO3S. The molecule has 2 amide bonds. The third-order valence-corrected chi connectivity index (χ3v) is 8.25. The highest BCUT2D eigenvalue weighted by atomic mass is 127. The summed E-state index contributed by atoms with van der Waals surface area (Å²) in [6.07, 6.45) is 1.73. The van der Waals surface area contributed by atoms with Gasteiger partial charge in [0.2, 0.25) is 0 Å². The number of thioether (sulfide) groups is 1. The number of imide groups is 1. The van der Waals surface area contributed by atoms with E-state index in [4.69, 9.17) is 27.9 Å². The van der Waals surface area contributed by atoms with Crippen molar-refractivity contribution in [3.05, 3.63) is 98.9 Å².